The monoisotopic (exact) mass is 168 g/mol. The molecule has 0 aliphatic heterocycles. The molecule has 1 unspecified atom stereocenters. The van der Waals surface area contributed by atoms with Crippen LogP contribution in [0.4, 0.5) is 4.39 Å². The van der Waals surface area contributed by atoms with Gasteiger partial charge in [-0.3, -0.25) is 4.98 Å². The Morgan fingerprint density at radius 2 is 2.25 bits per heavy atom. The van der Waals surface area contributed by atoms with E-state index in [9.17, 15) is 4.39 Å². The molecular formula is C9H13FN2. The van der Waals surface area contributed by atoms with Crippen molar-refractivity contribution in [2.45, 2.75) is 20.0 Å². The molecule has 1 rings (SSSR count). The van der Waals surface area contributed by atoms with Crippen molar-refractivity contribution in [1.82, 2.24) is 4.98 Å². The molecule has 2 N–H and O–H groups in total. The highest BCUT2D eigenvalue weighted by Gasteiger charge is 2.10. The Kier molecular flexibility index (Phi) is 2.76. The van der Waals surface area contributed by atoms with Gasteiger partial charge < -0.3 is 5.73 Å². The second-order valence-corrected chi connectivity index (χ2v) is 2.89. The summed E-state index contributed by atoms with van der Waals surface area (Å²) in [6.45, 7) is 3.77. The van der Waals surface area contributed by atoms with Crippen LogP contribution in [0.3, 0.4) is 0 Å². The van der Waals surface area contributed by atoms with Crippen LogP contribution in [-0.4, -0.2) is 11.5 Å². The zero-order valence-electron chi connectivity index (χ0n) is 7.34. The third-order valence-corrected chi connectivity index (χ3v) is 1.83. The Balaban J connectivity index is 3.01. The molecule has 0 fully saturated rings. The molecular weight excluding hydrogens is 155 g/mol. The zero-order chi connectivity index (χ0) is 9.14. The third kappa shape index (κ3) is 1.80. The van der Waals surface area contributed by atoms with Gasteiger partial charge in [0.05, 0.1) is 0 Å². The Hall–Kier alpha value is -0.960. The number of aromatic nitrogens is 1. The first-order valence-corrected chi connectivity index (χ1v) is 3.92. The summed E-state index contributed by atoms with van der Waals surface area (Å²) >= 11 is 0. The molecule has 0 radical (unpaired) electrons. The minimum atomic E-state index is -1.09. The molecule has 0 amide bonds. The van der Waals surface area contributed by atoms with Crippen LogP contribution in [0, 0.1) is 13.8 Å². The van der Waals surface area contributed by atoms with Crippen LogP contribution in [-0.2, 0) is 0 Å². The van der Waals surface area contributed by atoms with Gasteiger partial charge in [0.1, 0.15) is 6.17 Å². The second-order valence-electron chi connectivity index (χ2n) is 2.89. The minimum Gasteiger partial charge on any atom is -0.327 e. The average molecular weight is 168 g/mol. The van der Waals surface area contributed by atoms with E-state index in [0.29, 0.717) is 5.56 Å². The normalized spacial score (nSPS) is 13.0. The summed E-state index contributed by atoms with van der Waals surface area (Å²) in [6.07, 6.45) is 0.473. The molecule has 66 valence electrons. The number of halogens is 1. The van der Waals surface area contributed by atoms with Crippen LogP contribution in [0.1, 0.15) is 23.0 Å². The van der Waals surface area contributed by atoms with Gasteiger partial charge in [0, 0.05) is 24.0 Å². The summed E-state index contributed by atoms with van der Waals surface area (Å²) in [6, 6.07) is 1.86. The van der Waals surface area contributed by atoms with Gasteiger partial charge in [0.2, 0.25) is 0 Å². The number of nitrogens with zero attached hydrogens (tertiary/aromatic N) is 1. The van der Waals surface area contributed by atoms with Gasteiger partial charge >= 0.3 is 0 Å². The number of alkyl halides is 1. The van der Waals surface area contributed by atoms with E-state index in [1.54, 1.807) is 6.20 Å². The molecule has 2 nitrogen and oxygen atoms in total. The molecule has 0 aliphatic carbocycles. The summed E-state index contributed by atoms with van der Waals surface area (Å²) in [4.78, 5) is 4.01. The lowest BCUT2D eigenvalue weighted by atomic mass is 10.1. The van der Waals surface area contributed by atoms with Crippen molar-refractivity contribution in [3.05, 3.63) is 29.1 Å². The number of rotatable bonds is 2. The van der Waals surface area contributed by atoms with Crippen LogP contribution in [0.2, 0.25) is 0 Å². The maximum atomic E-state index is 13.1. The summed E-state index contributed by atoms with van der Waals surface area (Å²) in [7, 11) is 0. The highest BCUT2D eigenvalue weighted by atomic mass is 19.1. The van der Waals surface area contributed by atoms with Crippen molar-refractivity contribution in [2.24, 2.45) is 5.73 Å². The molecule has 0 saturated carbocycles. The maximum absolute atomic E-state index is 13.1. The van der Waals surface area contributed by atoms with Crippen molar-refractivity contribution in [2.75, 3.05) is 6.54 Å². The van der Waals surface area contributed by atoms with E-state index in [4.69, 9.17) is 5.73 Å². The topological polar surface area (TPSA) is 38.9 Å². The van der Waals surface area contributed by atoms with E-state index in [1.165, 1.54) is 0 Å². The lowest BCUT2D eigenvalue weighted by Gasteiger charge is -2.08. The fraction of sp³-hybridized carbons (Fsp3) is 0.444. The molecule has 12 heavy (non-hydrogen) atoms. The van der Waals surface area contributed by atoms with E-state index >= 15 is 0 Å². The van der Waals surface area contributed by atoms with E-state index < -0.39 is 6.17 Å². The van der Waals surface area contributed by atoms with Crippen LogP contribution < -0.4 is 5.73 Å². The molecule has 0 aromatic carbocycles. The van der Waals surface area contributed by atoms with Crippen LogP contribution in [0.25, 0.3) is 0 Å². The molecule has 1 aromatic heterocycles. The smallest absolute Gasteiger partial charge is 0.139 e. The quantitative estimate of drug-likeness (QED) is 0.729. The van der Waals surface area contributed by atoms with Crippen molar-refractivity contribution >= 4 is 0 Å². The zero-order valence-corrected chi connectivity index (χ0v) is 7.34. The number of hydrogen-bond acceptors (Lipinski definition) is 2. The molecule has 0 aliphatic rings. The average Bonchev–Trinajstić information content (AvgIpc) is 2.03. The van der Waals surface area contributed by atoms with Crippen LogP contribution >= 0.6 is 0 Å². The SMILES string of the molecule is Cc1cc(C)c(C(F)CN)cn1. The fourth-order valence-electron chi connectivity index (χ4n) is 1.16. The summed E-state index contributed by atoms with van der Waals surface area (Å²) in [5.41, 5.74) is 7.63. The maximum Gasteiger partial charge on any atom is 0.139 e. The van der Waals surface area contributed by atoms with Gasteiger partial charge in [0.25, 0.3) is 0 Å². The lowest BCUT2D eigenvalue weighted by Crippen LogP contribution is -2.09. The highest BCUT2D eigenvalue weighted by Crippen LogP contribution is 2.19. The van der Waals surface area contributed by atoms with Gasteiger partial charge in [-0.05, 0) is 25.5 Å². The number of hydrogen-bond donors (Lipinski definition) is 1. The number of aryl methyl sites for hydroxylation is 2. The van der Waals surface area contributed by atoms with Gasteiger partial charge in [-0.25, -0.2) is 4.39 Å². The number of pyridine rings is 1. The predicted octanol–water partition coefficient (Wildman–Crippen LogP) is 1.67. The van der Waals surface area contributed by atoms with Gasteiger partial charge in [-0.2, -0.15) is 0 Å². The summed E-state index contributed by atoms with van der Waals surface area (Å²) in [5, 5.41) is 0. The Bertz CT molecular complexity index is 273. The van der Waals surface area contributed by atoms with Gasteiger partial charge in [-0.15, -0.1) is 0 Å². The molecule has 0 bridgehead atoms. The van der Waals surface area contributed by atoms with E-state index in [1.807, 2.05) is 19.9 Å². The Morgan fingerprint density at radius 3 is 2.75 bits per heavy atom. The largest absolute Gasteiger partial charge is 0.327 e. The third-order valence-electron chi connectivity index (χ3n) is 1.83. The first-order chi connectivity index (χ1) is 5.65. The van der Waals surface area contributed by atoms with Crippen molar-refractivity contribution < 1.29 is 4.39 Å². The van der Waals surface area contributed by atoms with Crippen molar-refractivity contribution in [3.63, 3.8) is 0 Å². The van der Waals surface area contributed by atoms with E-state index in [-0.39, 0.29) is 6.54 Å². The molecule has 1 aromatic rings. The number of nitrogens with two attached hydrogens (primary N) is 1. The molecule has 0 spiro atoms. The molecule has 0 saturated heterocycles. The summed E-state index contributed by atoms with van der Waals surface area (Å²) < 4.78 is 13.1. The molecule has 1 heterocycles. The van der Waals surface area contributed by atoms with Gasteiger partial charge in [-0.1, -0.05) is 0 Å². The summed E-state index contributed by atoms with van der Waals surface area (Å²) in [5.74, 6) is 0. The van der Waals surface area contributed by atoms with Crippen molar-refractivity contribution in [3.8, 4) is 0 Å². The van der Waals surface area contributed by atoms with Gasteiger partial charge in [0.15, 0.2) is 0 Å². The minimum absolute atomic E-state index is 0.0194. The second kappa shape index (κ2) is 3.63. The Morgan fingerprint density at radius 1 is 1.58 bits per heavy atom. The van der Waals surface area contributed by atoms with E-state index in [2.05, 4.69) is 4.98 Å². The first kappa shape index (κ1) is 9.13. The fourth-order valence-corrected chi connectivity index (χ4v) is 1.16. The van der Waals surface area contributed by atoms with Crippen LogP contribution in [0.15, 0.2) is 12.3 Å². The standard InChI is InChI=1S/C9H13FN2/c1-6-3-7(2)12-5-8(6)9(10)4-11/h3,5,9H,4,11H2,1-2H3. The Labute approximate surface area is 71.6 Å². The molecule has 3 heteroatoms. The van der Waals surface area contributed by atoms with Crippen molar-refractivity contribution in [1.29, 1.82) is 0 Å². The highest BCUT2D eigenvalue weighted by molar-refractivity contribution is 5.26. The lowest BCUT2D eigenvalue weighted by molar-refractivity contribution is 0.350. The van der Waals surface area contributed by atoms with E-state index in [0.717, 1.165) is 11.3 Å². The van der Waals surface area contributed by atoms with Crippen LogP contribution in [0.5, 0.6) is 0 Å². The predicted molar refractivity (Wildman–Crippen MR) is 46.6 cm³/mol. The molecule has 1 atom stereocenters. The first-order valence-electron chi connectivity index (χ1n) is 3.92.